The van der Waals surface area contributed by atoms with Gasteiger partial charge in [0, 0.05) is 29.5 Å². The lowest BCUT2D eigenvalue weighted by molar-refractivity contribution is -0.0955. The van der Waals surface area contributed by atoms with Crippen molar-refractivity contribution in [3.8, 4) is 5.75 Å². The van der Waals surface area contributed by atoms with Gasteiger partial charge < -0.3 is 19.5 Å². The van der Waals surface area contributed by atoms with E-state index in [1.807, 2.05) is 20.1 Å². The van der Waals surface area contributed by atoms with Crippen LogP contribution in [-0.4, -0.2) is 59.2 Å². The number of halogens is 2. The Morgan fingerprint density at radius 3 is 2.61 bits per heavy atom. The SMILES string of the molecule is CCc1cnc(Nc2ccc(SC)cc2F)c(F)c1OC1CC2COCC(C1)N2C(=O)OC1(C)CC1. The second-order valence-electron chi connectivity index (χ2n) is 9.88. The molecule has 1 aliphatic carbocycles. The van der Waals surface area contributed by atoms with Crippen molar-refractivity contribution >= 4 is 29.4 Å². The molecular formula is C26H31F2N3O4S. The van der Waals surface area contributed by atoms with Crippen molar-refractivity contribution in [3.63, 3.8) is 0 Å². The summed E-state index contributed by atoms with van der Waals surface area (Å²) in [5.74, 6) is -1.13. The summed E-state index contributed by atoms with van der Waals surface area (Å²) < 4.78 is 47.8. The highest BCUT2D eigenvalue weighted by molar-refractivity contribution is 7.98. The summed E-state index contributed by atoms with van der Waals surface area (Å²) in [5.41, 5.74) is 0.410. The van der Waals surface area contributed by atoms with E-state index in [0.717, 1.165) is 17.7 Å². The van der Waals surface area contributed by atoms with Crippen LogP contribution in [0.15, 0.2) is 29.3 Å². The predicted octanol–water partition coefficient (Wildman–Crippen LogP) is 5.69. The van der Waals surface area contributed by atoms with Crippen molar-refractivity contribution in [1.82, 2.24) is 9.88 Å². The highest BCUT2D eigenvalue weighted by Gasteiger charge is 2.48. The highest BCUT2D eigenvalue weighted by Crippen LogP contribution is 2.41. The average molecular weight is 520 g/mol. The third-order valence-corrected chi connectivity index (χ3v) is 7.84. The molecule has 1 N–H and O–H groups in total. The number of morpholine rings is 1. The van der Waals surface area contributed by atoms with Crippen molar-refractivity contribution in [2.24, 2.45) is 0 Å². The number of hydrogen-bond acceptors (Lipinski definition) is 7. The number of aryl methyl sites for hydroxylation is 1. The van der Waals surface area contributed by atoms with E-state index in [1.165, 1.54) is 17.8 Å². The number of anilines is 2. The summed E-state index contributed by atoms with van der Waals surface area (Å²) in [4.78, 5) is 19.6. The van der Waals surface area contributed by atoms with Gasteiger partial charge in [0.2, 0.25) is 5.82 Å². The quantitative estimate of drug-likeness (QED) is 0.472. The van der Waals surface area contributed by atoms with Gasteiger partial charge in [0.1, 0.15) is 17.5 Å². The van der Waals surface area contributed by atoms with Gasteiger partial charge in [-0.05, 0) is 50.6 Å². The lowest BCUT2D eigenvalue weighted by Crippen LogP contribution is -2.61. The first-order valence-corrected chi connectivity index (χ1v) is 13.6. The maximum absolute atomic E-state index is 15.6. The number of carbonyl (C=O) groups excluding carboxylic acids is 1. The first-order chi connectivity index (χ1) is 17.3. The number of amides is 1. The van der Waals surface area contributed by atoms with Gasteiger partial charge in [-0.3, -0.25) is 4.90 Å². The van der Waals surface area contributed by atoms with Gasteiger partial charge in [-0.25, -0.2) is 14.2 Å². The summed E-state index contributed by atoms with van der Waals surface area (Å²) >= 11 is 1.42. The van der Waals surface area contributed by atoms with Crippen LogP contribution in [0.4, 0.5) is 25.1 Å². The number of carbonyl (C=O) groups is 1. The van der Waals surface area contributed by atoms with E-state index in [1.54, 1.807) is 23.2 Å². The Hall–Kier alpha value is -2.59. The van der Waals surface area contributed by atoms with E-state index in [0.29, 0.717) is 38.0 Å². The van der Waals surface area contributed by atoms with Crippen LogP contribution in [0.1, 0.15) is 45.1 Å². The Kier molecular flexibility index (Phi) is 7.00. The fraction of sp³-hybridized carbons (Fsp3) is 0.538. The molecule has 0 radical (unpaired) electrons. The van der Waals surface area contributed by atoms with Crippen LogP contribution in [0.25, 0.3) is 0 Å². The molecule has 2 atom stereocenters. The zero-order valence-corrected chi connectivity index (χ0v) is 21.5. The number of benzene rings is 1. The molecule has 3 fully saturated rings. The van der Waals surface area contributed by atoms with Crippen LogP contribution in [0.3, 0.4) is 0 Å². The van der Waals surface area contributed by atoms with Gasteiger partial charge in [0.15, 0.2) is 11.6 Å². The molecule has 1 saturated carbocycles. The van der Waals surface area contributed by atoms with Gasteiger partial charge in [-0.1, -0.05) is 6.92 Å². The number of fused-ring (bicyclic) bond motifs is 2. The van der Waals surface area contributed by atoms with Crippen molar-refractivity contribution in [2.45, 2.75) is 74.6 Å². The molecule has 1 aromatic carbocycles. The van der Waals surface area contributed by atoms with Crippen LogP contribution in [0.2, 0.25) is 0 Å². The normalized spacial score (nSPS) is 24.2. The molecule has 1 amide bonds. The molecule has 2 saturated heterocycles. The van der Waals surface area contributed by atoms with E-state index in [2.05, 4.69) is 10.3 Å². The fourth-order valence-corrected chi connectivity index (χ4v) is 5.22. The Morgan fingerprint density at radius 1 is 1.28 bits per heavy atom. The number of aromatic nitrogens is 1. The monoisotopic (exact) mass is 519 g/mol. The molecule has 36 heavy (non-hydrogen) atoms. The molecule has 2 aliphatic heterocycles. The summed E-state index contributed by atoms with van der Waals surface area (Å²) in [6.07, 6.45) is 6.09. The zero-order chi connectivity index (χ0) is 25.4. The van der Waals surface area contributed by atoms with E-state index in [4.69, 9.17) is 14.2 Å². The Morgan fingerprint density at radius 2 is 2.00 bits per heavy atom. The van der Waals surface area contributed by atoms with Crippen LogP contribution < -0.4 is 10.1 Å². The molecule has 1 aromatic heterocycles. The molecule has 5 rings (SSSR count). The molecule has 3 heterocycles. The Bertz CT molecular complexity index is 1130. The van der Waals surface area contributed by atoms with Crippen LogP contribution >= 0.6 is 11.8 Å². The molecule has 2 bridgehead atoms. The number of nitrogens with one attached hydrogen (secondary N) is 1. The van der Waals surface area contributed by atoms with E-state index in [9.17, 15) is 9.18 Å². The number of hydrogen-bond donors (Lipinski definition) is 1. The maximum atomic E-state index is 15.6. The second kappa shape index (κ2) is 10.0. The zero-order valence-electron chi connectivity index (χ0n) is 20.7. The van der Waals surface area contributed by atoms with Gasteiger partial charge in [-0.15, -0.1) is 11.8 Å². The first kappa shape index (κ1) is 25.1. The standard InChI is InChI=1S/C26H31F2N3O4S/c1-4-15-12-29-24(30-21-6-5-19(36-3)11-20(21)27)22(28)23(15)34-18-9-16-13-33-14-17(10-18)31(16)25(32)35-26(2)7-8-26/h5-6,11-12,16-18H,4,7-10,13-14H2,1-3H3,(H,29,30). The summed E-state index contributed by atoms with van der Waals surface area (Å²) in [6.45, 7) is 4.62. The minimum atomic E-state index is -0.660. The molecule has 10 heteroatoms. The van der Waals surface area contributed by atoms with Crippen molar-refractivity contribution in [1.29, 1.82) is 0 Å². The molecule has 2 aromatic rings. The molecular weight excluding hydrogens is 488 g/mol. The molecule has 2 unspecified atom stereocenters. The van der Waals surface area contributed by atoms with Gasteiger partial charge in [-0.2, -0.15) is 4.39 Å². The molecule has 0 spiro atoms. The lowest BCUT2D eigenvalue weighted by Gasteiger charge is -2.47. The fourth-order valence-electron chi connectivity index (χ4n) is 4.79. The van der Waals surface area contributed by atoms with Gasteiger partial charge in [0.25, 0.3) is 0 Å². The summed E-state index contributed by atoms with van der Waals surface area (Å²) in [5, 5.41) is 2.77. The minimum absolute atomic E-state index is 0.0970. The Labute approximate surface area is 213 Å². The van der Waals surface area contributed by atoms with Crippen LogP contribution in [-0.2, 0) is 15.9 Å². The summed E-state index contributed by atoms with van der Waals surface area (Å²) in [6, 6.07) is 4.32. The maximum Gasteiger partial charge on any atom is 0.410 e. The third-order valence-electron chi connectivity index (χ3n) is 7.12. The summed E-state index contributed by atoms with van der Waals surface area (Å²) in [7, 11) is 0. The number of pyridine rings is 1. The van der Waals surface area contributed by atoms with Crippen LogP contribution in [0.5, 0.6) is 5.75 Å². The van der Waals surface area contributed by atoms with Crippen LogP contribution in [0, 0.1) is 11.6 Å². The second-order valence-corrected chi connectivity index (χ2v) is 10.8. The Balaban J connectivity index is 1.33. The lowest BCUT2D eigenvalue weighted by atomic mass is 9.92. The molecule has 194 valence electrons. The number of thioether (sulfide) groups is 1. The first-order valence-electron chi connectivity index (χ1n) is 12.3. The average Bonchev–Trinajstić information content (AvgIpc) is 3.58. The molecule has 7 nitrogen and oxygen atoms in total. The van der Waals surface area contributed by atoms with Crippen molar-refractivity contribution in [3.05, 3.63) is 41.6 Å². The predicted molar refractivity (Wildman–Crippen MR) is 133 cm³/mol. The third kappa shape index (κ3) is 5.11. The van der Waals surface area contributed by atoms with Gasteiger partial charge in [0.05, 0.1) is 31.0 Å². The number of ether oxygens (including phenoxy) is 3. The van der Waals surface area contributed by atoms with E-state index >= 15 is 4.39 Å². The highest BCUT2D eigenvalue weighted by atomic mass is 32.2. The number of nitrogens with zero attached hydrogens (tertiary/aromatic N) is 2. The van der Waals surface area contributed by atoms with Gasteiger partial charge >= 0.3 is 6.09 Å². The van der Waals surface area contributed by atoms with E-state index < -0.39 is 11.6 Å². The topological polar surface area (TPSA) is 72.9 Å². The number of piperidine rings is 1. The largest absolute Gasteiger partial charge is 0.487 e. The van der Waals surface area contributed by atoms with Crippen molar-refractivity contribution in [2.75, 3.05) is 24.8 Å². The minimum Gasteiger partial charge on any atom is -0.487 e. The smallest absolute Gasteiger partial charge is 0.410 e. The molecule has 3 aliphatic rings. The number of rotatable bonds is 7. The van der Waals surface area contributed by atoms with Crippen molar-refractivity contribution < 1.29 is 27.8 Å². The van der Waals surface area contributed by atoms with E-state index in [-0.39, 0.29) is 47.1 Å².